The van der Waals surface area contributed by atoms with E-state index in [1.807, 2.05) is 19.1 Å². The van der Waals surface area contributed by atoms with E-state index < -0.39 is 0 Å². The van der Waals surface area contributed by atoms with Gasteiger partial charge in [-0.05, 0) is 68.6 Å². The van der Waals surface area contributed by atoms with Gasteiger partial charge in [0.05, 0.1) is 21.3 Å². The number of methoxy groups -OCH3 is 3. The minimum absolute atomic E-state index is 0.0945. The van der Waals surface area contributed by atoms with E-state index in [2.05, 4.69) is 48.0 Å². The zero-order valence-corrected chi connectivity index (χ0v) is 19.1. The number of rotatable bonds is 9. The average molecular weight is 423 g/mol. The number of hydrogen-bond donors (Lipinski definition) is 0. The molecule has 0 saturated carbocycles. The minimum Gasteiger partial charge on any atom is -0.493 e. The van der Waals surface area contributed by atoms with Crippen molar-refractivity contribution >= 4 is 22.8 Å². The van der Waals surface area contributed by atoms with Gasteiger partial charge < -0.3 is 23.7 Å². The maximum absolute atomic E-state index is 13.1. The van der Waals surface area contributed by atoms with E-state index in [0.29, 0.717) is 28.4 Å². The van der Waals surface area contributed by atoms with Crippen molar-refractivity contribution in [2.24, 2.45) is 0 Å². The van der Waals surface area contributed by atoms with Crippen LogP contribution < -0.4 is 14.2 Å². The Kier molecular flexibility index (Phi) is 7.02. The minimum atomic E-state index is -0.0945. The van der Waals surface area contributed by atoms with Crippen LogP contribution in [0.1, 0.15) is 22.8 Å². The molecular weight excluding hydrogens is 392 g/mol. The van der Waals surface area contributed by atoms with Gasteiger partial charge in [-0.15, -0.1) is 0 Å². The lowest BCUT2D eigenvalue weighted by Gasteiger charge is -2.14. The molecule has 0 fully saturated rings. The van der Waals surface area contributed by atoms with E-state index >= 15 is 0 Å². The highest BCUT2D eigenvalue weighted by Gasteiger charge is 2.18. The standard InChI is InChI=1S/C25H30N2O4/c1-17(24(28)20-15-22(29-4)25(31-6)23(16-20)30-5)13-18-7-8-21-19(14-18)9-10-27(21)12-11-26(2)3/h7-10,13-16H,11-12H2,1-6H3/b17-13+. The van der Waals surface area contributed by atoms with E-state index in [-0.39, 0.29) is 5.78 Å². The normalized spacial score (nSPS) is 11.8. The number of fused-ring (bicyclic) bond motifs is 1. The summed E-state index contributed by atoms with van der Waals surface area (Å²) in [6.07, 6.45) is 4.01. The second kappa shape index (κ2) is 9.71. The van der Waals surface area contributed by atoms with Crippen LogP contribution in [0.3, 0.4) is 0 Å². The number of ether oxygens (including phenoxy) is 3. The summed E-state index contributed by atoms with van der Waals surface area (Å²) < 4.78 is 18.3. The third-order valence-electron chi connectivity index (χ3n) is 5.25. The SMILES string of the molecule is COc1cc(C(=O)/C(C)=C/c2ccc3c(ccn3CCN(C)C)c2)cc(OC)c1OC. The molecule has 3 rings (SSSR count). The second-order valence-electron chi connectivity index (χ2n) is 7.70. The smallest absolute Gasteiger partial charge is 0.203 e. The lowest BCUT2D eigenvalue weighted by molar-refractivity contribution is 0.103. The zero-order chi connectivity index (χ0) is 22.5. The summed E-state index contributed by atoms with van der Waals surface area (Å²) in [5.41, 5.74) is 3.28. The van der Waals surface area contributed by atoms with Gasteiger partial charge >= 0.3 is 0 Å². The molecule has 1 heterocycles. The van der Waals surface area contributed by atoms with Crippen LogP contribution in [-0.2, 0) is 6.54 Å². The number of carbonyl (C=O) groups excluding carboxylic acids is 1. The van der Waals surface area contributed by atoms with Gasteiger partial charge in [0.25, 0.3) is 0 Å². The van der Waals surface area contributed by atoms with Crippen LogP contribution in [0.2, 0.25) is 0 Å². The fourth-order valence-corrected chi connectivity index (χ4v) is 3.57. The molecule has 6 heteroatoms. The van der Waals surface area contributed by atoms with Crippen molar-refractivity contribution in [3.63, 3.8) is 0 Å². The predicted molar refractivity (Wildman–Crippen MR) is 125 cm³/mol. The Hall–Kier alpha value is -3.25. The van der Waals surface area contributed by atoms with Crippen molar-refractivity contribution in [3.8, 4) is 17.2 Å². The Morgan fingerprint density at radius 1 is 1.00 bits per heavy atom. The molecule has 31 heavy (non-hydrogen) atoms. The topological polar surface area (TPSA) is 52.9 Å². The molecule has 0 saturated heterocycles. The van der Waals surface area contributed by atoms with Gasteiger partial charge in [0.15, 0.2) is 17.3 Å². The van der Waals surface area contributed by atoms with Gasteiger partial charge in [0.1, 0.15) is 0 Å². The lowest BCUT2D eigenvalue weighted by atomic mass is 10.0. The molecule has 2 aromatic carbocycles. The second-order valence-corrected chi connectivity index (χ2v) is 7.70. The maximum atomic E-state index is 13.1. The molecule has 0 aliphatic carbocycles. The van der Waals surface area contributed by atoms with E-state index in [4.69, 9.17) is 14.2 Å². The van der Waals surface area contributed by atoms with Crippen molar-refractivity contribution in [2.45, 2.75) is 13.5 Å². The van der Waals surface area contributed by atoms with E-state index in [1.165, 1.54) is 26.8 Å². The number of allylic oxidation sites excluding steroid dienone is 1. The van der Waals surface area contributed by atoms with Crippen molar-refractivity contribution in [1.82, 2.24) is 9.47 Å². The Morgan fingerprint density at radius 3 is 2.26 bits per heavy atom. The highest BCUT2D eigenvalue weighted by molar-refractivity contribution is 6.11. The van der Waals surface area contributed by atoms with Crippen LogP contribution in [0.4, 0.5) is 0 Å². The van der Waals surface area contributed by atoms with Crippen LogP contribution in [0.15, 0.2) is 48.2 Å². The summed E-state index contributed by atoms with van der Waals surface area (Å²) >= 11 is 0. The molecule has 1 aromatic heterocycles. The van der Waals surface area contributed by atoms with E-state index in [0.717, 1.165) is 24.0 Å². The quantitative estimate of drug-likeness (QED) is 0.375. The molecular formula is C25H30N2O4. The first-order valence-electron chi connectivity index (χ1n) is 10.1. The average Bonchev–Trinajstić information content (AvgIpc) is 3.18. The molecule has 3 aromatic rings. The molecule has 0 aliphatic heterocycles. The van der Waals surface area contributed by atoms with Crippen LogP contribution in [0.5, 0.6) is 17.2 Å². The Bertz CT molecular complexity index is 1090. The third-order valence-corrected chi connectivity index (χ3v) is 5.25. The first-order valence-corrected chi connectivity index (χ1v) is 10.1. The predicted octanol–water partition coefficient (Wildman–Crippen LogP) is 4.51. The molecule has 0 amide bonds. The van der Waals surface area contributed by atoms with Crippen molar-refractivity contribution in [1.29, 1.82) is 0 Å². The van der Waals surface area contributed by atoms with Crippen LogP contribution >= 0.6 is 0 Å². The zero-order valence-electron chi connectivity index (χ0n) is 19.1. The van der Waals surface area contributed by atoms with Gasteiger partial charge in [0.2, 0.25) is 5.75 Å². The van der Waals surface area contributed by atoms with Gasteiger partial charge in [0, 0.05) is 35.8 Å². The summed E-state index contributed by atoms with van der Waals surface area (Å²) in [7, 11) is 8.75. The summed E-state index contributed by atoms with van der Waals surface area (Å²) in [4.78, 5) is 15.2. The fourth-order valence-electron chi connectivity index (χ4n) is 3.57. The molecule has 0 atom stereocenters. The van der Waals surface area contributed by atoms with E-state index in [9.17, 15) is 4.79 Å². The molecule has 0 bridgehead atoms. The van der Waals surface area contributed by atoms with Crippen molar-refractivity contribution in [2.75, 3.05) is 42.0 Å². The first kappa shape index (κ1) is 22.4. The Morgan fingerprint density at radius 2 is 1.68 bits per heavy atom. The van der Waals surface area contributed by atoms with E-state index in [1.54, 1.807) is 12.1 Å². The Labute approximate surface area is 183 Å². The number of Topliss-reactive ketones (excluding diaryl/α,β-unsaturated/α-hetero) is 1. The molecule has 0 N–H and O–H groups in total. The number of likely N-dealkylation sites (N-methyl/N-ethyl adjacent to an activating group) is 1. The highest BCUT2D eigenvalue weighted by atomic mass is 16.5. The molecule has 0 spiro atoms. The van der Waals surface area contributed by atoms with Crippen molar-refractivity contribution < 1.29 is 19.0 Å². The van der Waals surface area contributed by atoms with Crippen LogP contribution in [0.25, 0.3) is 17.0 Å². The largest absolute Gasteiger partial charge is 0.493 e. The third kappa shape index (κ3) is 4.91. The summed E-state index contributed by atoms with van der Waals surface area (Å²) in [6, 6.07) is 11.7. The highest BCUT2D eigenvalue weighted by Crippen LogP contribution is 2.38. The van der Waals surface area contributed by atoms with Gasteiger partial charge in [-0.3, -0.25) is 4.79 Å². The fraction of sp³-hybridized carbons (Fsp3) is 0.320. The van der Waals surface area contributed by atoms with Gasteiger partial charge in [-0.2, -0.15) is 0 Å². The molecule has 164 valence electrons. The summed E-state index contributed by atoms with van der Waals surface area (Å²) in [5, 5.41) is 1.15. The summed E-state index contributed by atoms with van der Waals surface area (Å²) in [6.45, 7) is 3.73. The molecule has 0 unspecified atom stereocenters. The monoisotopic (exact) mass is 422 g/mol. The van der Waals surface area contributed by atoms with Gasteiger partial charge in [-0.1, -0.05) is 6.07 Å². The number of carbonyl (C=O) groups is 1. The van der Waals surface area contributed by atoms with Gasteiger partial charge in [-0.25, -0.2) is 0 Å². The molecule has 0 aliphatic rings. The number of nitrogens with zero attached hydrogens (tertiary/aromatic N) is 2. The lowest BCUT2D eigenvalue weighted by Crippen LogP contribution is -2.17. The first-order chi connectivity index (χ1) is 14.9. The number of aromatic nitrogens is 1. The summed E-state index contributed by atoms with van der Waals surface area (Å²) in [5.74, 6) is 1.28. The van der Waals surface area contributed by atoms with Crippen LogP contribution in [0, 0.1) is 0 Å². The molecule has 0 radical (unpaired) electrons. The van der Waals surface area contributed by atoms with Crippen LogP contribution in [-0.4, -0.2) is 57.2 Å². The number of benzene rings is 2. The van der Waals surface area contributed by atoms with Crippen molar-refractivity contribution in [3.05, 3.63) is 59.3 Å². The maximum Gasteiger partial charge on any atom is 0.203 e. The molecule has 6 nitrogen and oxygen atoms in total. The number of hydrogen-bond acceptors (Lipinski definition) is 5. The Balaban J connectivity index is 1.88. The number of ketones is 1.